The zero-order chi connectivity index (χ0) is 30.6. The van der Waals surface area contributed by atoms with Crippen LogP contribution in [0.3, 0.4) is 0 Å². The van der Waals surface area contributed by atoms with Crippen molar-refractivity contribution in [3.05, 3.63) is 23.9 Å². The molecule has 2 aromatic heterocycles. The summed E-state index contributed by atoms with van der Waals surface area (Å²) < 4.78 is 27.6. The van der Waals surface area contributed by atoms with Gasteiger partial charge in [0.25, 0.3) is 0 Å². The number of ether oxygens (including phenoxy) is 2. The molecule has 0 aliphatic carbocycles. The summed E-state index contributed by atoms with van der Waals surface area (Å²) in [7, 11) is 3.80. The largest absolute Gasteiger partial charge is 0.446 e. The number of alkyl halides is 1. The predicted molar refractivity (Wildman–Crippen MR) is 160 cm³/mol. The van der Waals surface area contributed by atoms with E-state index in [1.54, 1.807) is 15.5 Å². The van der Waals surface area contributed by atoms with Crippen LogP contribution in [-0.4, -0.2) is 131 Å². The lowest BCUT2D eigenvalue weighted by atomic mass is 9.97. The number of carbonyl (C=O) groups is 2. The Kier molecular flexibility index (Phi) is 9.65. The third-order valence-electron chi connectivity index (χ3n) is 8.10. The summed E-state index contributed by atoms with van der Waals surface area (Å²) in [6.45, 7) is 6.70. The number of hydrogen-bond donors (Lipinski definition) is 2. The number of likely N-dealkylation sites (N-methyl/N-ethyl adjacent to an activating group) is 1. The van der Waals surface area contributed by atoms with Gasteiger partial charge in [-0.2, -0.15) is 19.6 Å². The van der Waals surface area contributed by atoms with Gasteiger partial charge in [-0.25, -0.2) is 9.18 Å². The van der Waals surface area contributed by atoms with Crippen LogP contribution in [0.15, 0.2) is 18.3 Å². The highest BCUT2D eigenvalue weighted by atomic mass is 19.1. The SMILES string of the molecule is CC(C)c1cnn2c(NC3CCN(C(=O)OCC4(F)CN(C(=O)/C=C/CN(C)C)C4)CC3)nc(NC3CCOCC3)nc12. The van der Waals surface area contributed by atoms with E-state index in [1.807, 2.05) is 25.2 Å². The van der Waals surface area contributed by atoms with E-state index in [2.05, 4.69) is 29.6 Å². The number of anilines is 2. The Morgan fingerprint density at radius 2 is 1.81 bits per heavy atom. The van der Waals surface area contributed by atoms with Gasteiger partial charge in [0.2, 0.25) is 17.8 Å². The van der Waals surface area contributed by atoms with Gasteiger partial charge in [-0.1, -0.05) is 19.9 Å². The van der Waals surface area contributed by atoms with E-state index in [9.17, 15) is 14.0 Å². The second-order valence-corrected chi connectivity index (χ2v) is 12.4. The number of nitrogens with one attached hydrogen (secondary N) is 2. The van der Waals surface area contributed by atoms with E-state index in [4.69, 9.17) is 19.4 Å². The van der Waals surface area contributed by atoms with Crippen LogP contribution >= 0.6 is 0 Å². The molecule has 0 aromatic carbocycles. The summed E-state index contributed by atoms with van der Waals surface area (Å²) in [5, 5.41) is 11.6. The van der Waals surface area contributed by atoms with E-state index in [1.165, 1.54) is 11.0 Å². The normalized spacial score (nSPS) is 19.8. The maximum absolute atomic E-state index is 15.0. The summed E-state index contributed by atoms with van der Waals surface area (Å²) in [4.78, 5) is 39.4. The summed E-state index contributed by atoms with van der Waals surface area (Å²) in [6.07, 6.45) is 7.64. The van der Waals surface area contributed by atoms with E-state index in [0.29, 0.717) is 44.4 Å². The number of piperidine rings is 1. The Labute approximate surface area is 251 Å². The number of fused-ring (bicyclic) bond motifs is 1. The van der Waals surface area contributed by atoms with Gasteiger partial charge >= 0.3 is 6.09 Å². The van der Waals surface area contributed by atoms with Crippen LogP contribution in [-0.2, 0) is 14.3 Å². The number of carbonyl (C=O) groups excluding carboxylic acids is 2. The first-order chi connectivity index (χ1) is 20.6. The van der Waals surface area contributed by atoms with Crippen molar-refractivity contribution >= 4 is 29.5 Å². The molecule has 5 rings (SSSR count). The van der Waals surface area contributed by atoms with Crippen molar-refractivity contribution in [3.8, 4) is 0 Å². The fourth-order valence-electron chi connectivity index (χ4n) is 5.51. The van der Waals surface area contributed by atoms with E-state index < -0.39 is 11.8 Å². The van der Waals surface area contributed by atoms with Crippen LogP contribution in [0.25, 0.3) is 5.65 Å². The van der Waals surface area contributed by atoms with Crippen LogP contribution in [0.4, 0.5) is 21.1 Å². The van der Waals surface area contributed by atoms with E-state index in [0.717, 1.165) is 37.3 Å². The van der Waals surface area contributed by atoms with Crippen LogP contribution in [0.2, 0.25) is 0 Å². The fourth-order valence-corrected chi connectivity index (χ4v) is 5.51. The van der Waals surface area contributed by atoms with Gasteiger partial charge in [-0.05, 0) is 45.7 Å². The van der Waals surface area contributed by atoms with Crippen molar-refractivity contribution in [2.45, 2.75) is 63.2 Å². The third-order valence-corrected chi connectivity index (χ3v) is 8.10. The summed E-state index contributed by atoms with van der Waals surface area (Å²) in [5.74, 6) is 1.18. The zero-order valence-corrected chi connectivity index (χ0v) is 25.6. The minimum absolute atomic E-state index is 0.0593. The van der Waals surface area contributed by atoms with E-state index in [-0.39, 0.29) is 43.6 Å². The molecule has 0 saturated carbocycles. The smallest absolute Gasteiger partial charge is 0.409 e. The Morgan fingerprint density at radius 1 is 1.12 bits per heavy atom. The van der Waals surface area contributed by atoms with Crippen LogP contribution in [0.5, 0.6) is 0 Å². The lowest BCUT2D eigenvalue weighted by Crippen LogP contribution is -2.63. The van der Waals surface area contributed by atoms with Gasteiger partial charge in [0.15, 0.2) is 11.3 Å². The second kappa shape index (κ2) is 13.4. The van der Waals surface area contributed by atoms with Crippen molar-refractivity contribution in [2.75, 3.05) is 77.3 Å². The average Bonchev–Trinajstić information content (AvgIpc) is 3.40. The van der Waals surface area contributed by atoms with Crippen molar-refractivity contribution in [1.82, 2.24) is 34.3 Å². The van der Waals surface area contributed by atoms with Crippen LogP contribution in [0.1, 0.15) is 51.0 Å². The monoisotopic (exact) mass is 601 g/mol. The van der Waals surface area contributed by atoms with Gasteiger partial charge in [-0.3, -0.25) is 4.79 Å². The van der Waals surface area contributed by atoms with Gasteiger partial charge in [0.05, 0.1) is 19.3 Å². The average molecular weight is 602 g/mol. The first-order valence-electron chi connectivity index (χ1n) is 15.2. The number of halogens is 1. The molecule has 0 radical (unpaired) electrons. The molecule has 13 nitrogen and oxygen atoms in total. The molecule has 0 spiro atoms. The standard InChI is InChI=1S/C29H44FN9O4/c1-20(2)23-16-31-39-25(23)34-26(32-22-9-14-42-15-10-22)35-27(39)33-21-7-12-37(13-8-21)28(41)43-19-29(30)17-38(18-29)24(40)6-5-11-36(3)4/h5-6,16,20-22H,7-15,17-19H2,1-4H3,(H2,32,33,34,35)/b6-5+. The number of hydrogen-bond acceptors (Lipinski definition) is 10. The molecule has 236 valence electrons. The lowest BCUT2D eigenvalue weighted by molar-refractivity contribution is -0.143. The van der Waals surface area contributed by atoms with Gasteiger partial charge in [0.1, 0.15) is 6.61 Å². The number of nitrogens with zero attached hydrogens (tertiary/aromatic N) is 7. The Hall–Kier alpha value is -3.52. The molecular formula is C29H44FN9O4. The molecule has 3 aliphatic rings. The number of amides is 2. The quantitative estimate of drug-likeness (QED) is 0.392. The van der Waals surface area contributed by atoms with Crippen molar-refractivity contribution in [1.29, 1.82) is 0 Å². The molecule has 43 heavy (non-hydrogen) atoms. The molecule has 2 N–H and O–H groups in total. The molecule has 0 atom stereocenters. The van der Waals surface area contributed by atoms with Crippen molar-refractivity contribution in [2.24, 2.45) is 0 Å². The van der Waals surface area contributed by atoms with Gasteiger partial charge < -0.3 is 34.8 Å². The molecule has 3 fully saturated rings. The van der Waals surface area contributed by atoms with Gasteiger partial charge in [0, 0.05) is 56.6 Å². The highest BCUT2D eigenvalue weighted by Crippen LogP contribution is 2.27. The van der Waals surface area contributed by atoms with Gasteiger partial charge in [-0.15, -0.1) is 0 Å². The molecule has 0 bridgehead atoms. The molecule has 2 aromatic rings. The number of aromatic nitrogens is 4. The Bertz CT molecular complexity index is 1300. The summed E-state index contributed by atoms with van der Waals surface area (Å²) in [6, 6.07) is 0.310. The minimum Gasteiger partial charge on any atom is -0.446 e. The highest BCUT2D eigenvalue weighted by molar-refractivity contribution is 5.88. The molecule has 3 saturated heterocycles. The number of likely N-dealkylation sites (tertiary alicyclic amines) is 2. The third kappa shape index (κ3) is 7.71. The van der Waals surface area contributed by atoms with Crippen LogP contribution < -0.4 is 10.6 Å². The lowest BCUT2D eigenvalue weighted by Gasteiger charge is -2.43. The second-order valence-electron chi connectivity index (χ2n) is 12.4. The molecule has 3 aliphatic heterocycles. The zero-order valence-electron chi connectivity index (χ0n) is 25.6. The maximum Gasteiger partial charge on any atom is 0.409 e. The maximum atomic E-state index is 15.0. The van der Waals surface area contributed by atoms with Crippen LogP contribution in [0, 0.1) is 0 Å². The molecule has 2 amide bonds. The predicted octanol–water partition coefficient (Wildman–Crippen LogP) is 2.52. The summed E-state index contributed by atoms with van der Waals surface area (Å²) in [5.41, 5.74) is 0.0982. The van der Waals surface area contributed by atoms with E-state index >= 15 is 0 Å². The summed E-state index contributed by atoms with van der Waals surface area (Å²) >= 11 is 0. The molecule has 14 heteroatoms. The first-order valence-corrected chi connectivity index (χ1v) is 15.2. The Morgan fingerprint density at radius 3 is 2.49 bits per heavy atom. The molecular weight excluding hydrogens is 557 g/mol. The Balaban J connectivity index is 1.12. The highest BCUT2D eigenvalue weighted by Gasteiger charge is 2.46. The fraction of sp³-hybridized carbons (Fsp3) is 0.690. The first kappa shape index (κ1) is 30.9. The van der Waals surface area contributed by atoms with Crippen molar-refractivity contribution in [3.63, 3.8) is 0 Å². The molecule has 0 unspecified atom stereocenters. The number of rotatable bonds is 10. The molecule has 5 heterocycles. The minimum atomic E-state index is -1.71. The van der Waals surface area contributed by atoms with Crippen molar-refractivity contribution < 1.29 is 23.5 Å². The topological polar surface area (TPSA) is 129 Å².